The fourth-order valence-electron chi connectivity index (χ4n) is 2.20. The third-order valence-corrected chi connectivity index (χ3v) is 3.37. The fraction of sp³-hybridized carbons (Fsp3) is 0.250. The predicted octanol–water partition coefficient (Wildman–Crippen LogP) is 3.60. The summed E-state index contributed by atoms with van der Waals surface area (Å²) in [7, 11) is 1.66. The third-order valence-electron chi connectivity index (χ3n) is 3.37. The molecule has 0 bridgehead atoms. The van der Waals surface area contributed by atoms with Gasteiger partial charge in [-0.15, -0.1) is 0 Å². The second kappa shape index (κ2) is 5.33. The highest BCUT2D eigenvalue weighted by molar-refractivity contribution is 5.50. The van der Waals surface area contributed by atoms with Crippen LogP contribution in [0.25, 0.3) is 0 Å². The van der Waals surface area contributed by atoms with Crippen molar-refractivity contribution in [2.75, 3.05) is 19.2 Å². The zero-order chi connectivity index (χ0) is 13.9. The van der Waals surface area contributed by atoms with E-state index in [1.807, 2.05) is 36.4 Å². The number of rotatable bonds is 4. The summed E-state index contributed by atoms with van der Waals surface area (Å²) < 4.78 is 15.9. The quantitative estimate of drug-likeness (QED) is 0.922. The molecule has 0 aliphatic carbocycles. The monoisotopic (exact) mass is 271 g/mol. The molecule has 4 nitrogen and oxygen atoms in total. The lowest BCUT2D eigenvalue weighted by Gasteiger charge is -2.16. The topological polar surface area (TPSA) is 39.7 Å². The SMILES string of the molecule is COc1ccc(N[C@H](C)c2ccc3c(c2)OCO3)cc1. The molecule has 0 radical (unpaired) electrons. The zero-order valence-electron chi connectivity index (χ0n) is 11.6. The van der Waals surface area contributed by atoms with Crippen LogP contribution in [0.5, 0.6) is 17.2 Å². The van der Waals surface area contributed by atoms with Gasteiger partial charge in [-0.1, -0.05) is 6.07 Å². The molecule has 0 saturated heterocycles. The van der Waals surface area contributed by atoms with E-state index in [1.165, 1.54) is 0 Å². The summed E-state index contributed by atoms with van der Waals surface area (Å²) in [5.74, 6) is 2.47. The number of hydrogen-bond acceptors (Lipinski definition) is 4. The average molecular weight is 271 g/mol. The van der Waals surface area contributed by atoms with E-state index in [0.717, 1.165) is 28.5 Å². The van der Waals surface area contributed by atoms with Crippen LogP contribution in [0.1, 0.15) is 18.5 Å². The molecule has 20 heavy (non-hydrogen) atoms. The third kappa shape index (κ3) is 2.50. The van der Waals surface area contributed by atoms with Gasteiger partial charge in [0.2, 0.25) is 6.79 Å². The lowest BCUT2D eigenvalue weighted by molar-refractivity contribution is 0.174. The summed E-state index contributed by atoms with van der Waals surface area (Å²) in [4.78, 5) is 0. The van der Waals surface area contributed by atoms with Crippen molar-refractivity contribution in [1.82, 2.24) is 0 Å². The lowest BCUT2D eigenvalue weighted by atomic mass is 10.1. The number of methoxy groups -OCH3 is 1. The predicted molar refractivity (Wildman–Crippen MR) is 77.6 cm³/mol. The van der Waals surface area contributed by atoms with Crippen molar-refractivity contribution < 1.29 is 14.2 Å². The zero-order valence-corrected chi connectivity index (χ0v) is 11.6. The summed E-state index contributed by atoms with van der Waals surface area (Å²) in [5, 5.41) is 3.45. The van der Waals surface area contributed by atoms with Crippen molar-refractivity contribution in [2.24, 2.45) is 0 Å². The Labute approximate surface area is 118 Å². The summed E-state index contributed by atoms with van der Waals surface area (Å²) >= 11 is 0. The van der Waals surface area contributed by atoms with Crippen LogP contribution in [-0.4, -0.2) is 13.9 Å². The Balaban J connectivity index is 1.73. The van der Waals surface area contributed by atoms with Crippen molar-refractivity contribution in [3.8, 4) is 17.2 Å². The molecule has 0 spiro atoms. The first-order valence-corrected chi connectivity index (χ1v) is 6.56. The number of benzene rings is 2. The summed E-state index contributed by atoms with van der Waals surface area (Å²) in [6, 6.07) is 14.1. The molecule has 1 aliphatic rings. The van der Waals surface area contributed by atoms with E-state index in [2.05, 4.69) is 18.3 Å². The highest BCUT2D eigenvalue weighted by atomic mass is 16.7. The minimum absolute atomic E-state index is 0.179. The van der Waals surface area contributed by atoms with E-state index in [-0.39, 0.29) is 6.04 Å². The second-order valence-electron chi connectivity index (χ2n) is 4.71. The first-order valence-electron chi connectivity index (χ1n) is 6.56. The van der Waals surface area contributed by atoms with Crippen molar-refractivity contribution in [1.29, 1.82) is 0 Å². The van der Waals surface area contributed by atoms with Crippen LogP contribution in [-0.2, 0) is 0 Å². The molecule has 1 N–H and O–H groups in total. The maximum Gasteiger partial charge on any atom is 0.231 e. The molecule has 104 valence electrons. The smallest absolute Gasteiger partial charge is 0.231 e. The average Bonchev–Trinajstić information content (AvgIpc) is 2.95. The van der Waals surface area contributed by atoms with E-state index >= 15 is 0 Å². The standard InChI is InChI=1S/C16H17NO3/c1-11(17-13-4-6-14(18-2)7-5-13)12-3-8-15-16(9-12)20-10-19-15/h3-9,11,17H,10H2,1-2H3/t11-/m1/s1. The first-order chi connectivity index (χ1) is 9.76. The van der Waals surface area contributed by atoms with Gasteiger partial charge in [0.1, 0.15) is 5.75 Å². The molecule has 0 amide bonds. The van der Waals surface area contributed by atoms with Gasteiger partial charge in [0, 0.05) is 11.7 Å². The van der Waals surface area contributed by atoms with Gasteiger partial charge in [0.15, 0.2) is 11.5 Å². The maximum absolute atomic E-state index is 5.40. The van der Waals surface area contributed by atoms with Gasteiger partial charge in [-0.05, 0) is 48.9 Å². The largest absolute Gasteiger partial charge is 0.497 e. The van der Waals surface area contributed by atoms with Gasteiger partial charge in [-0.2, -0.15) is 0 Å². The Hall–Kier alpha value is -2.36. The number of nitrogens with one attached hydrogen (secondary N) is 1. The first kappa shape index (κ1) is 12.7. The van der Waals surface area contributed by atoms with Gasteiger partial charge in [-0.3, -0.25) is 0 Å². The second-order valence-corrected chi connectivity index (χ2v) is 4.71. The molecule has 3 rings (SSSR count). The number of anilines is 1. The van der Waals surface area contributed by atoms with Crippen LogP contribution in [0.2, 0.25) is 0 Å². The summed E-state index contributed by atoms with van der Waals surface area (Å²) in [6.45, 7) is 2.42. The molecule has 0 saturated carbocycles. The minimum Gasteiger partial charge on any atom is -0.497 e. The van der Waals surface area contributed by atoms with E-state index < -0.39 is 0 Å². The highest BCUT2D eigenvalue weighted by Gasteiger charge is 2.15. The highest BCUT2D eigenvalue weighted by Crippen LogP contribution is 2.34. The molecule has 4 heteroatoms. The minimum atomic E-state index is 0.179. The fourth-order valence-corrected chi connectivity index (χ4v) is 2.20. The van der Waals surface area contributed by atoms with Crippen LogP contribution < -0.4 is 19.5 Å². The molecule has 2 aromatic rings. The van der Waals surface area contributed by atoms with Gasteiger partial charge < -0.3 is 19.5 Å². The molecule has 1 heterocycles. The maximum atomic E-state index is 5.40. The van der Waals surface area contributed by atoms with Crippen LogP contribution in [0.15, 0.2) is 42.5 Å². The molecular weight excluding hydrogens is 254 g/mol. The normalized spacial score (nSPS) is 13.9. The van der Waals surface area contributed by atoms with Gasteiger partial charge in [-0.25, -0.2) is 0 Å². The van der Waals surface area contributed by atoms with E-state index in [1.54, 1.807) is 7.11 Å². The number of fused-ring (bicyclic) bond motifs is 1. The molecule has 0 aromatic heterocycles. The van der Waals surface area contributed by atoms with Gasteiger partial charge in [0.25, 0.3) is 0 Å². The molecule has 1 atom stereocenters. The van der Waals surface area contributed by atoms with Crippen LogP contribution >= 0.6 is 0 Å². The molecule has 0 fully saturated rings. The van der Waals surface area contributed by atoms with E-state index in [0.29, 0.717) is 6.79 Å². The van der Waals surface area contributed by atoms with E-state index in [4.69, 9.17) is 14.2 Å². The Morgan fingerprint density at radius 3 is 2.55 bits per heavy atom. The van der Waals surface area contributed by atoms with Crippen LogP contribution in [0.3, 0.4) is 0 Å². The van der Waals surface area contributed by atoms with Crippen molar-refractivity contribution in [2.45, 2.75) is 13.0 Å². The van der Waals surface area contributed by atoms with E-state index in [9.17, 15) is 0 Å². The van der Waals surface area contributed by atoms with Crippen LogP contribution in [0, 0.1) is 0 Å². The van der Waals surface area contributed by atoms with Crippen molar-refractivity contribution in [3.63, 3.8) is 0 Å². The molecule has 2 aromatic carbocycles. The number of hydrogen-bond donors (Lipinski definition) is 1. The molecule has 1 aliphatic heterocycles. The Morgan fingerprint density at radius 2 is 1.80 bits per heavy atom. The van der Waals surface area contributed by atoms with Crippen molar-refractivity contribution in [3.05, 3.63) is 48.0 Å². The Bertz CT molecular complexity index is 595. The Kier molecular flexibility index (Phi) is 3.37. The number of ether oxygens (including phenoxy) is 3. The van der Waals surface area contributed by atoms with Gasteiger partial charge >= 0.3 is 0 Å². The summed E-state index contributed by atoms with van der Waals surface area (Å²) in [6.07, 6.45) is 0. The Morgan fingerprint density at radius 1 is 1.05 bits per heavy atom. The molecule has 0 unspecified atom stereocenters. The molecular formula is C16H17NO3. The lowest BCUT2D eigenvalue weighted by Crippen LogP contribution is -2.06. The van der Waals surface area contributed by atoms with Crippen molar-refractivity contribution >= 4 is 5.69 Å². The van der Waals surface area contributed by atoms with Gasteiger partial charge in [0.05, 0.1) is 7.11 Å². The summed E-state index contributed by atoms with van der Waals surface area (Å²) in [5.41, 5.74) is 2.21. The van der Waals surface area contributed by atoms with Crippen LogP contribution in [0.4, 0.5) is 5.69 Å².